The Morgan fingerprint density at radius 1 is 1.30 bits per heavy atom. The summed E-state index contributed by atoms with van der Waals surface area (Å²) in [4.78, 5) is 11.8. The number of aromatic hydroxyl groups is 1. The first-order valence-corrected chi connectivity index (χ1v) is 7.77. The number of allylic oxidation sites excluding steroid dienone is 1. The van der Waals surface area contributed by atoms with Gasteiger partial charge < -0.3 is 19.0 Å². The van der Waals surface area contributed by atoms with E-state index >= 15 is 0 Å². The molecule has 1 aromatic heterocycles. The Morgan fingerprint density at radius 3 is 2.78 bits per heavy atom. The topological polar surface area (TPSA) is 68.9 Å². The number of ether oxygens (including phenoxy) is 2. The second-order valence-electron chi connectivity index (χ2n) is 5.41. The fraction of sp³-hybridized carbons (Fsp3) is 0.389. The third-order valence-electron chi connectivity index (χ3n) is 3.11. The molecule has 0 unspecified atom stereocenters. The van der Waals surface area contributed by atoms with E-state index in [1.165, 1.54) is 0 Å². The number of fused-ring (bicyclic) bond motifs is 1. The van der Waals surface area contributed by atoms with Crippen molar-refractivity contribution in [3.05, 3.63) is 40.8 Å². The normalized spacial score (nSPS) is 11.5. The molecule has 1 N–H and O–H groups in total. The first kappa shape index (κ1) is 16.9. The van der Waals surface area contributed by atoms with Crippen molar-refractivity contribution in [1.82, 2.24) is 0 Å². The van der Waals surface area contributed by atoms with Crippen molar-refractivity contribution in [2.45, 2.75) is 39.7 Å². The molecule has 0 bridgehead atoms. The van der Waals surface area contributed by atoms with E-state index in [0.29, 0.717) is 29.7 Å². The summed E-state index contributed by atoms with van der Waals surface area (Å²) in [6.07, 6.45) is 5.71. The molecular weight excluding hydrogens is 296 g/mol. The van der Waals surface area contributed by atoms with Gasteiger partial charge in [0.25, 0.3) is 0 Å². The van der Waals surface area contributed by atoms with Gasteiger partial charge in [0.1, 0.15) is 11.3 Å². The van der Waals surface area contributed by atoms with E-state index in [1.807, 2.05) is 26.0 Å². The third kappa shape index (κ3) is 4.28. The number of hydrogen-bond acceptors (Lipinski definition) is 5. The minimum absolute atomic E-state index is 0.0114. The van der Waals surface area contributed by atoms with Crippen LogP contribution in [0.25, 0.3) is 11.0 Å². The van der Waals surface area contributed by atoms with Gasteiger partial charge in [-0.15, -0.1) is 0 Å². The van der Waals surface area contributed by atoms with Crippen molar-refractivity contribution in [3.8, 4) is 17.2 Å². The molecule has 2 rings (SSSR count). The highest BCUT2D eigenvalue weighted by Gasteiger charge is 2.16. The van der Waals surface area contributed by atoms with E-state index < -0.39 is 11.4 Å². The summed E-state index contributed by atoms with van der Waals surface area (Å²) in [5.41, 5.74) is -0.497. The second kappa shape index (κ2) is 7.72. The van der Waals surface area contributed by atoms with Crippen LogP contribution < -0.4 is 15.1 Å². The zero-order valence-corrected chi connectivity index (χ0v) is 13.7. The van der Waals surface area contributed by atoms with Crippen LogP contribution in [0.4, 0.5) is 0 Å². The maximum atomic E-state index is 11.8. The molecule has 0 atom stereocenters. The van der Waals surface area contributed by atoms with Crippen LogP contribution in [0.5, 0.6) is 17.2 Å². The van der Waals surface area contributed by atoms with Crippen LogP contribution in [0, 0.1) is 0 Å². The Morgan fingerprint density at radius 2 is 2.09 bits per heavy atom. The Labute approximate surface area is 135 Å². The first-order chi connectivity index (χ1) is 11.0. The summed E-state index contributed by atoms with van der Waals surface area (Å²) >= 11 is 0. The highest BCUT2D eigenvalue weighted by atomic mass is 16.5. The van der Waals surface area contributed by atoms with Crippen molar-refractivity contribution < 1.29 is 19.0 Å². The molecule has 0 radical (unpaired) electrons. The molecule has 0 aliphatic carbocycles. The van der Waals surface area contributed by atoms with Gasteiger partial charge in [-0.3, -0.25) is 0 Å². The number of rotatable bonds is 7. The summed E-state index contributed by atoms with van der Waals surface area (Å²) in [6.45, 7) is 6.24. The van der Waals surface area contributed by atoms with Crippen LogP contribution in [-0.2, 0) is 0 Å². The highest BCUT2D eigenvalue weighted by molar-refractivity contribution is 5.86. The molecule has 2 aromatic rings. The van der Waals surface area contributed by atoms with Crippen LogP contribution in [0.15, 0.2) is 39.6 Å². The molecule has 0 saturated carbocycles. The predicted octanol–water partition coefficient (Wildman–Crippen LogP) is 4.02. The molecule has 0 spiro atoms. The van der Waals surface area contributed by atoms with E-state index in [-0.39, 0.29) is 11.9 Å². The van der Waals surface area contributed by atoms with Crippen molar-refractivity contribution in [2.75, 3.05) is 6.61 Å². The fourth-order valence-corrected chi connectivity index (χ4v) is 2.15. The molecule has 5 heteroatoms. The monoisotopic (exact) mass is 318 g/mol. The van der Waals surface area contributed by atoms with Gasteiger partial charge in [-0.05, 0) is 38.8 Å². The lowest BCUT2D eigenvalue weighted by atomic mass is 10.2. The molecule has 1 aromatic carbocycles. The maximum Gasteiger partial charge on any atom is 0.382 e. The Bertz CT molecular complexity index is 743. The fourth-order valence-electron chi connectivity index (χ4n) is 2.15. The Balaban J connectivity index is 2.32. The average molecular weight is 318 g/mol. The van der Waals surface area contributed by atoms with Gasteiger partial charge in [0.15, 0.2) is 5.75 Å². The predicted molar refractivity (Wildman–Crippen MR) is 89.5 cm³/mol. The van der Waals surface area contributed by atoms with Crippen LogP contribution in [0.2, 0.25) is 0 Å². The van der Waals surface area contributed by atoms with Gasteiger partial charge in [0, 0.05) is 6.07 Å². The lowest BCUT2D eigenvalue weighted by Gasteiger charge is -2.12. The smallest absolute Gasteiger partial charge is 0.382 e. The largest absolute Gasteiger partial charge is 0.499 e. The molecule has 0 saturated heterocycles. The number of benzene rings is 1. The van der Waals surface area contributed by atoms with Gasteiger partial charge in [-0.25, -0.2) is 4.79 Å². The lowest BCUT2D eigenvalue weighted by Crippen LogP contribution is -2.07. The van der Waals surface area contributed by atoms with E-state index in [2.05, 4.69) is 6.92 Å². The summed E-state index contributed by atoms with van der Waals surface area (Å²) in [5.74, 6) is 0.241. The van der Waals surface area contributed by atoms with E-state index in [0.717, 1.165) is 6.42 Å². The van der Waals surface area contributed by atoms with Crippen molar-refractivity contribution in [1.29, 1.82) is 0 Å². The summed E-state index contributed by atoms with van der Waals surface area (Å²) in [5, 5.41) is 10.5. The number of hydrogen-bond donors (Lipinski definition) is 1. The zero-order valence-electron chi connectivity index (χ0n) is 13.7. The second-order valence-corrected chi connectivity index (χ2v) is 5.41. The average Bonchev–Trinajstić information content (AvgIpc) is 2.50. The molecule has 1 heterocycles. The quantitative estimate of drug-likeness (QED) is 0.474. The summed E-state index contributed by atoms with van der Waals surface area (Å²) in [7, 11) is 0. The van der Waals surface area contributed by atoms with E-state index in [1.54, 1.807) is 18.2 Å². The molecule has 0 aliphatic heterocycles. The third-order valence-corrected chi connectivity index (χ3v) is 3.11. The highest BCUT2D eigenvalue weighted by Crippen LogP contribution is 2.34. The zero-order chi connectivity index (χ0) is 16.8. The minimum atomic E-state index is -0.821. The van der Waals surface area contributed by atoms with E-state index in [4.69, 9.17) is 13.9 Å². The molecular formula is C18H22O5. The van der Waals surface area contributed by atoms with Gasteiger partial charge in [-0.2, -0.15) is 0 Å². The van der Waals surface area contributed by atoms with Crippen LogP contribution in [0.1, 0.15) is 33.6 Å². The van der Waals surface area contributed by atoms with Crippen molar-refractivity contribution in [3.63, 3.8) is 0 Å². The van der Waals surface area contributed by atoms with Crippen molar-refractivity contribution >= 4 is 11.0 Å². The van der Waals surface area contributed by atoms with Gasteiger partial charge in [0.2, 0.25) is 5.75 Å². The minimum Gasteiger partial charge on any atom is -0.499 e. The van der Waals surface area contributed by atoms with Crippen LogP contribution in [-0.4, -0.2) is 17.8 Å². The Hall–Kier alpha value is -2.43. The SMILES string of the molecule is CC/C=C/CCOc1c(O)c(=O)oc2cc(OC(C)C)ccc12. The van der Waals surface area contributed by atoms with Crippen LogP contribution >= 0.6 is 0 Å². The van der Waals surface area contributed by atoms with E-state index in [9.17, 15) is 9.90 Å². The summed E-state index contributed by atoms with van der Waals surface area (Å²) < 4.78 is 16.3. The van der Waals surface area contributed by atoms with Gasteiger partial charge in [-0.1, -0.05) is 19.1 Å². The van der Waals surface area contributed by atoms with Gasteiger partial charge in [0.05, 0.1) is 18.1 Å². The standard InChI is InChI=1S/C18H22O5/c1-4-5-6-7-10-21-17-14-9-8-13(22-12(2)3)11-15(14)23-18(20)16(17)19/h5-6,8-9,11-12,19H,4,7,10H2,1-3H3/b6-5+. The van der Waals surface area contributed by atoms with Crippen LogP contribution in [0.3, 0.4) is 0 Å². The van der Waals surface area contributed by atoms with Crippen molar-refractivity contribution in [2.24, 2.45) is 0 Å². The maximum absolute atomic E-state index is 11.8. The lowest BCUT2D eigenvalue weighted by molar-refractivity contribution is 0.242. The molecule has 23 heavy (non-hydrogen) atoms. The molecule has 5 nitrogen and oxygen atoms in total. The summed E-state index contributed by atoms with van der Waals surface area (Å²) in [6, 6.07) is 5.10. The Kier molecular flexibility index (Phi) is 5.68. The molecule has 0 amide bonds. The molecule has 124 valence electrons. The van der Waals surface area contributed by atoms with Gasteiger partial charge >= 0.3 is 5.63 Å². The molecule has 0 aliphatic rings. The first-order valence-electron chi connectivity index (χ1n) is 7.77. The molecule has 0 fully saturated rings.